The van der Waals surface area contributed by atoms with Gasteiger partial charge in [-0.05, 0) is 37.8 Å². The highest BCUT2D eigenvalue weighted by atomic mass is 19.4. The average Bonchev–Trinajstić information content (AvgIpc) is 3.40. The van der Waals surface area contributed by atoms with Gasteiger partial charge in [0, 0.05) is 56.1 Å². The molecular formula is C26H32F3N9O2. The second-order valence-electron chi connectivity index (χ2n) is 9.27. The summed E-state index contributed by atoms with van der Waals surface area (Å²) < 4.78 is 36.9. The molecule has 214 valence electrons. The van der Waals surface area contributed by atoms with Crippen molar-refractivity contribution >= 4 is 42.3 Å². The normalized spacial score (nSPS) is 16.4. The van der Waals surface area contributed by atoms with E-state index in [9.17, 15) is 22.8 Å². The number of imidazole rings is 1. The van der Waals surface area contributed by atoms with Crippen LogP contribution < -0.4 is 10.6 Å². The first-order valence-electron chi connectivity index (χ1n) is 12.5. The number of piperazine rings is 1. The Balaban J connectivity index is 1.67. The van der Waals surface area contributed by atoms with E-state index in [4.69, 9.17) is 10.8 Å². The van der Waals surface area contributed by atoms with Gasteiger partial charge in [-0.1, -0.05) is 12.1 Å². The predicted octanol–water partition coefficient (Wildman–Crippen LogP) is 3.29. The van der Waals surface area contributed by atoms with Crippen LogP contribution in [0.15, 0.2) is 41.0 Å². The van der Waals surface area contributed by atoms with Crippen LogP contribution in [0.25, 0.3) is 17.3 Å². The van der Waals surface area contributed by atoms with E-state index in [0.29, 0.717) is 35.7 Å². The van der Waals surface area contributed by atoms with Crippen LogP contribution >= 0.6 is 0 Å². The minimum absolute atomic E-state index is 0.0845. The van der Waals surface area contributed by atoms with Gasteiger partial charge in [0.25, 0.3) is 0 Å². The second-order valence-corrected chi connectivity index (χ2v) is 9.27. The number of hydrogen-bond acceptors (Lipinski definition) is 7. The molecule has 2 aromatic rings. The van der Waals surface area contributed by atoms with Crippen molar-refractivity contribution < 1.29 is 22.8 Å². The summed E-state index contributed by atoms with van der Waals surface area (Å²) in [5, 5.41) is 19.8. The van der Waals surface area contributed by atoms with E-state index in [1.165, 1.54) is 18.5 Å². The van der Waals surface area contributed by atoms with Crippen molar-refractivity contribution in [1.82, 2.24) is 25.1 Å². The van der Waals surface area contributed by atoms with Crippen LogP contribution in [0.1, 0.15) is 12.7 Å². The van der Waals surface area contributed by atoms with Crippen molar-refractivity contribution in [2.24, 2.45) is 10.9 Å². The molecule has 1 aliphatic heterocycles. The van der Waals surface area contributed by atoms with Crippen LogP contribution in [0.4, 0.5) is 23.7 Å². The standard InChI is InChI=1S/C26H32F3N9O2/c1-17(24(39)38-8-6-37(2)7-9-38)32-14-20(13-31)19(12-30)11-23-33-15-22(36-23)18-4-3-5-21(10-18)35-25(40)34-16-26(27,28)29/h3-5,10-15,17,20,30-31H,6-9,16H2,1-2H3,(H,33,36)(H2,34,35,40)/b19-11+,30-12?,31-13?,32-14?. The van der Waals surface area contributed by atoms with Crippen molar-refractivity contribution in [3.05, 3.63) is 41.9 Å². The Kier molecular flexibility index (Phi) is 10.3. The van der Waals surface area contributed by atoms with E-state index in [1.807, 2.05) is 7.05 Å². The highest BCUT2D eigenvalue weighted by Crippen LogP contribution is 2.22. The van der Waals surface area contributed by atoms with E-state index in [1.54, 1.807) is 41.4 Å². The van der Waals surface area contributed by atoms with Crippen LogP contribution in [-0.4, -0.2) is 102 Å². The van der Waals surface area contributed by atoms with Crippen molar-refractivity contribution in [1.29, 1.82) is 10.8 Å². The first-order valence-corrected chi connectivity index (χ1v) is 12.5. The molecule has 1 saturated heterocycles. The summed E-state index contributed by atoms with van der Waals surface area (Å²) >= 11 is 0. The molecule has 5 N–H and O–H groups in total. The predicted molar refractivity (Wildman–Crippen MR) is 148 cm³/mol. The van der Waals surface area contributed by atoms with E-state index >= 15 is 0 Å². The Labute approximate surface area is 229 Å². The summed E-state index contributed by atoms with van der Waals surface area (Å²) in [6.07, 6.45) is 2.28. The third-order valence-electron chi connectivity index (χ3n) is 6.15. The lowest BCUT2D eigenvalue weighted by molar-refractivity contribution is -0.133. The molecule has 40 heavy (non-hydrogen) atoms. The zero-order valence-electron chi connectivity index (χ0n) is 22.1. The summed E-state index contributed by atoms with van der Waals surface area (Å²) in [6.45, 7) is 3.13. The summed E-state index contributed by atoms with van der Waals surface area (Å²) in [4.78, 5) is 40.1. The summed E-state index contributed by atoms with van der Waals surface area (Å²) in [7, 11) is 2.01. The Hall–Kier alpha value is -4.33. The van der Waals surface area contributed by atoms with Crippen molar-refractivity contribution in [3.63, 3.8) is 0 Å². The Morgan fingerprint density at radius 3 is 2.60 bits per heavy atom. The van der Waals surface area contributed by atoms with Gasteiger partial charge in [-0.25, -0.2) is 9.78 Å². The molecule has 0 bridgehead atoms. The van der Waals surface area contributed by atoms with Gasteiger partial charge in [0.2, 0.25) is 5.91 Å². The van der Waals surface area contributed by atoms with Crippen LogP contribution in [0, 0.1) is 16.7 Å². The number of nitrogens with zero attached hydrogens (tertiary/aromatic N) is 4. The maximum atomic E-state index is 12.7. The zero-order valence-corrected chi connectivity index (χ0v) is 22.1. The Morgan fingerprint density at radius 1 is 1.23 bits per heavy atom. The number of nitrogens with one attached hydrogen (secondary N) is 5. The van der Waals surface area contributed by atoms with Crippen LogP contribution in [0.2, 0.25) is 0 Å². The summed E-state index contributed by atoms with van der Waals surface area (Å²) in [6, 6.07) is 4.84. The molecule has 0 saturated carbocycles. The molecule has 1 aromatic heterocycles. The SMILES string of the molecule is CC(N=CC(C=N)/C(C=N)=C/c1ncc(-c2cccc(NC(=O)NCC(F)(F)F)c2)[nH]1)C(=O)N1CCN(C)CC1. The van der Waals surface area contributed by atoms with Gasteiger partial charge in [-0.2, -0.15) is 13.2 Å². The van der Waals surface area contributed by atoms with E-state index in [0.717, 1.165) is 25.5 Å². The number of H-pyrrole nitrogens is 1. The van der Waals surface area contributed by atoms with Crippen LogP contribution in [-0.2, 0) is 4.79 Å². The fourth-order valence-electron chi connectivity index (χ4n) is 3.87. The lowest BCUT2D eigenvalue weighted by Gasteiger charge is -2.33. The number of carbonyl (C=O) groups excluding carboxylic acids is 2. The smallest absolute Gasteiger partial charge is 0.338 e. The minimum atomic E-state index is -4.52. The number of anilines is 1. The molecule has 0 spiro atoms. The lowest BCUT2D eigenvalue weighted by atomic mass is 10.0. The summed E-state index contributed by atoms with van der Waals surface area (Å²) in [5.74, 6) is -0.355. The zero-order chi connectivity index (χ0) is 29.3. The van der Waals surface area contributed by atoms with Gasteiger partial charge >= 0.3 is 12.2 Å². The number of hydrogen-bond donors (Lipinski definition) is 5. The van der Waals surface area contributed by atoms with E-state index < -0.39 is 30.7 Å². The van der Waals surface area contributed by atoms with Gasteiger partial charge in [0.1, 0.15) is 18.4 Å². The number of benzene rings is 1. The number of aromatic nitrogens is 2. The quantitative estimate of drug-likeness (QED) is 0.284. The van der Waals surface area contributed by atoms with Crippen LogP contribution in [0.3, 0.4) is 0 Å². The first kappa shape index (κ1) is 30.2. The van der Waals surface area contributed by atoms with Gasteiger partial charge in [0.05, 0.1) is 17.8 Å². The van der Waals surface area contributed by atoms with Gasteiger partial charge in [-0.3, -0.25) is 9.79 Å². The number of allylic oxidation sites excluding steroid dienone is 1. The molecule has 1 fully saturated rings. The molecule has 2 atom stereocenters. The fourth-order valence-corrected chi connectivity index (χ4v) is 3.87. The Morgan fingerprint density at radius 2 is 1.95 bits per heavy atom. The Bertz CT molecular complexity index is 1260. The molecule has 3 amide bonds. The summed E-state index contributed by atoms with van der Waals surface area (Å²) in [5.41, 5.74) is 1.86. The van der Waals surface area contributed by atoms with Crippen molar-refractivity contribution in [2.75, 3.05) is 45.1 Å². The largest absolute Gasteiger partial charge is 0.405 e. The average molecular weight is 560 g/mol. The third-order valence-corrected chi connectivity index (χ3v) is 6.15. The van der Waals surface area contributed by atoms with Gasteiger partial charge in [0.15, 0.2) is 0 Å². The molecule has 3 rings (SSSR count). The molecule has 1 aliphatic rings. The topological polar surface area (TPSA) is 153 Å². The number of amides is 3. The highest BCUT2D eigenvalue weighted by Gasteiger charge is 2.27. The molecule has 0 radical (unpaired) electrons. The monoisotopic (exact) mass is 559 g/mol. The number of aromatic amines is 1. The van der Waals surface area contributed by atoms with Crippen LogP contribution in [0.5, 0.6) is 0 Å². The number of rotatable bonds is 10. The molecule has 14 heteroatoms. The van der Waals surface area contributed by atoms with Crippen molar-refractivity contribution in [2.45, 2.75) is 19.1 Å². The van der Waals surface area contributed by atoms with E-state index in [-0.39, 0.29) is 11.6 Å². The minimum Gasteiger partial charge on any atom is -0.338 e. The highest BCUT2D eigenvalue weighted by molar-refractivity contribution is 5.99. The maximum Gasteiger partial charge on any atom is 0.405 e. The number of urea groups is 1. The number of alkyl halides is 3. The molecular weight excluding hydrogens is 527 g/mol. The van der Waals surface area contributed by atoms with Gasteiger partial charge < -0.3 is 36.2 Å². The molecule has 1 aromatic carbocycles. The molecule has 0 aliphatic carbocycles. The molecule has 11 nitrogen and oxygen atoms in total. The molecule has 2 unspecified atom stereocenters. The molecule has 2 heterocycles. The van der Waals surface area contributed by atoms with E-state index in [2.05, 4.69) is 25.2 Å². The van der Waals surface area contributed by atoms with Crippen molar-refractivity contribution in [3.8, 4) is 11.3 Å². The first-order chi connectivity index (χ1) is 19.0. The lowest BCUT2D eigenvalue weighted by Crippen LogP contribution is -2.49. The number of aliphatic imine (C=N–C) groups is 1. The fraction of sp³-hybridized carbons (Fsp3) is 0.385. The number of halogens is 3. The number of carbonyl (C=O) groups is 2. The maximum absolute atomic E-state index is 12.7. The number of likely N-dealkylation sites (N-methyl/N-ethyl adjacent to an activating group) is 1. The second kappa shape index (κ2) is 13.6. The third kappa shape index (κ3) is 8.86. The van der Waals surface area contributed by atoms with Gasteiger partial charge in [-0.15, -0.1) is 0 Å².